The van der Waals surface area contributed by atoms with E-state index in [0.717, 1.165) is 22.9 Å². The number of allylic oxidation sites excluding steroid dienone is 1. The number of nitrogens with zero attached hydrogens (tertiary/aromatic N) is 5. The lowest BCUT2D eigenvalue weighted by molar-refractivity contribution is -0.385. The maximum Gasteiger partial charge on any atom is 0.305 e. The number of nitriles is 1. The first-order chi connectivity index (χ1) is 15.0. The summed E-state index contributed by atoms with van der Waals surface area (Å²) in [5.41, 5.74) is 0.859. The Labute approximate surface area is 184 Å². The van der Waals surface area contributed by atoms with Crippen molar-refractivity contribution in [1.29, 1.82) is 5.26 Å². The average Bonchev–Trinajstić information content (AvgIpc) is 3.21. The van der Waals surface area contributed by atoms with Crippen molar-refractivity contribution in [3.63, 3.8) is 0 Å². The molecule has 0 aliphatic carbocycles. The highest BCUT2D eigenvalue weighted by molar-refractivity contribution is 7.99. The van der Waals surface area contributed by atoms with Gasteiger partial charge in [0.15, 0.2) is 5.16 Å². The van der Waals surface area contributed by atoms with E-state index in [2.05, 4.69) is 16.5 Å². The number of benzene rings is 1. The second-order valence-corrected chi connectivity index (χ2v) is 8.13. The van der Waals surface area contributed by atoms with Crippen molar-refractivity contribution in [3.05, 3.63) is 86.7 Å². The summed E-state index contributed by atoms with van der Waals surface area (Å²) in [6, 6.07) is 14.0. The number of nitro groups is 1. The molecule has 0 bridgehead atoms. The monoisotopic (exact) mass is 447 g/mol. The minimum Gasteiger partial charge on any atom is -0.283 e. The van der Waals surface area contributed by atoms with Crippen LogP contribution in [0.4, 0.5) is 5.69 Å². The first-order valence-electron chi connectivity index (χ1n) is 8.95. The van der Waals surface area contributed by atoms with E-state index in [0.29, 0.717) is 20.4 Å². The Kier molecular flexibility index (Phi) is 5.62. The molecular weight excluding hydrogens is 434 g/mol. The van der Waals surface area contributed by atoms with Gasteiger partial charge in [0.25, 0.3) is 5.56 Å². The van der Waals surface area contributed by atoms with E-state index in [1.165, 1.54) is 28.0 Å². The summed E-state index contributed by atoms with van der Waals surface area (Å²) in [6.45, 7) is 3.95. The molecule has 152 valence electrons. The van der Waals surface area contributed by atoms with Crippen molar-refractivity contribution in [1.82, 2.24) is 14.5 Å². The van der Waals surface area contributed by atoms with Crippen molar-refractivity contribution >= 4 is 39.0 Å². The molecule has 8 nitrogen and oxygen atoms in total. The molecule has 1 aromatic carbocycles. The van der Waals surface area contributed by atoms with Crippen LogP contribution in [-0.4, -0.2) is 19.5 Å². The van der Waals surface area contributed by atoms with E-state index < -0.39 is 4.92 Å². The minimum atomic E-state index is -0.658. The lowest BCUT2D eigenvalue weighted by atomic mass is 10.1. The van der Waals surface area contributed by atoms with Crippen LogP contribution in [0.3, 0.4) is 0 Å². The topological polar surface area (TPSA) is 115 Å². The fourth-order valence-electron chi connectivity index (χ4n) is 3.02. The Morgan fingerprint density at radius 1 is 1.26 bits per heavy atom. The fraction of sp³-hybridized carbons (Fsp3) is 0.0476. The lowest BCUT2D eigenvalue weighted by Gasteiger charge is -2.10. The van der Waals surface area contributed by atoms with Gasteiger partial charge in [-0.15, -0.1) is 17.9 Å². The Balaban J connectivity index is 1.85. The van der Waals surface area contributed by atoms with E-state index in [-0.39, 0.29) is 23.5 Å². The van der Waals surface area contributed by atoms with Crippen LogP contribution in [0.5, 0.6) is 0 Å². The van der Waals surface area contributed by atoms with Crippen molar-refractivity contribution < 1.29 is 4.92 Å². The van der Waals surface area contributed by atoms with E-state index in [4.69, 9.17) is 0 Å². The predicted molar refractivity (Wildman–Crippen MR) is 119 cm³/mol. The summed E-state index contributed by atoms with van der Waals surface area (Å²) >= 11 is 2.43. The van der Waals surface area contributed by atoms with Crippen molar-refractivity contribution in [3.8, 4) is 17.2 Å². The average molecular weight is 448 g/mol. The molecule has 0 fully saturated rings. The van der Waals surface area contributed by atoms with Crippen LogP contribution in [0.2, 0.25) is 0 Å². The zero-order chi connectivity index (χ0) is 22.0. The number of thiophene rings is 1. The van der Waals surface area contributed by atoms with E-state index >= 15 is 0 Å². The van der Waals surface area contributed by atoms with Gasteiger partial charge >= 0.3 is 5.69 Å². The molecule has 0 saturated heterocycles. The van der Waals surface area contributed by atoms with Crippen molar-refractivity contribution in [2.24, 2.45) is 0 Å². The van der Waals surface area contributed by atoms with Gasteiger partial charge in [0.2, 0.25) is 5.69 Å². The number of hydrogen-bond donors (Lipinski definition) is 0. The number of hydrogen-bond acceptors (Lipinski definition) is 8. The van der Waals surface area contributed by atoms with Crippen LogP contribution < -0.4 is 5.56 Å². The summed E-state index contributed by atoms with van der Waals surface area (Å²) in [7, 11) is 0. The molecule has 0 aliphatic heterocycles. The van der Waals surface area contributed by atoms with Crippen molar-refractivity contribution in [2.45, 2.75) is 16.7 Å². The van der Waals surface area contributed by atoms with E-state index in [9.17, 15) is 20.2 Å². The molecular formula is C21H13N5O3S2. The van der Waals surface area contributed by atoms with Gasteiger partial charge in [0.1, 0.15) is 15.9 Å². The SMILES string of the molecule is C=CCn1c(Sc2ccc([N+](=O)[O-])c(C#N)n2)nc2scc(-c3ccccc3)c2c1=O. The zero-order valence-electron chi connectivity index (χ0n) is 15.9. The Hall–Kier alpha value is -3.81. The molecule has 0 aliphatic rings. The number of pyridine rings is 1. The van der Waals surface area contributed by atoms with Crippen LogP contribution in [0.25, 0.3) is 21.3 Å². The number of rotatable bonds is 6. The largest absolute Gasteiger partial charge is 0.305 e. The zero-order valence-corrected chi connectivity index (χ0v) is 17.5. The van der Waals surface area contributed by atoms with Gasteiger partial charge in [-0.3, -0.25) is 19.5 Å². The highest BCUT2D eigenvalue weighted by Crippen LogP contribution is 2.33. The molecule has 0 unspecified atom stereocenters. The van der Waals surface area contributed by atoms with Gasteiger partial charge in [-0.2, -0.15) is 5.26 Å². The van der Waals surface area contributed by atoms with Gasteiger partial charge in [-0.1, -0.05) is 36.4 Å². The summed E-state index contributed by atoms with van der Waals surface area (Å²) in [6.07, 6.45) is 1.59. The molecule has 0 radical (unpaired) electrons. The maximum absolute atomic E-state index is 13.4. The third-order valence-electron chi connectivity index (χ3n) is 4.40. The van der Waals surface area contributed by atoms with Gasteiger partial charge in [0.05, 0.1) is 10.3 Å². The summed E-state index contributed by atoms with van der Waals surface area (Å²) in [4.78, 5) is 33.0. The third kappa shape index (κ3) is 3.84. The first kappa shape index (κ1) is 20.5. The van der Waals surface area contributed by atoms with E-state index in [1.54, 1.807) is 12.1 Å². The van der Waals surface area contributed by atoms with Crippen LogP contribution in [0.1, 0.15) is 5.69 Å². The molecule has 10 heteroatoms. The standard InChI is InChI=1S/C21H13N5O3S2/c1-2-10-25-20(27)18-14(13-6-4-3-5-7-13)12-30-19(18)24-21(25)31-17-9-8-16(26(28)29)15(11-22)23-17/h2-9,12H,1,10H2. The van der Waals surface area contributed by atoms with Gasteiger partial charge < -0.3 is 0 Å². The second kappa shape index (κ2) is 8.51. The minimum absolute atomic E-state index is 0.213. The number of fused-ring (bicyclic) bond motifs is 1. The molecule has 3 heterocycles. The molecule has 0 N–H and O–H groups in total. The molecule has 0 amide bonds. The Bertz CT molecular complexity index is 1420. The second-order valence-electron chi connectivity index (χ2n) is 6.28. The Morgan fingerprint density at radius 2 is 2.03 bits per heavy atom. The third-order valence-corrected chi connectivity index (χ3v) is 6.21. The molecule has 0 atom stereocenters. The molecule has 4 aromatic rings. The van der Waals surface area contributed by atoms with E-state index in [1.807, 2.05) is 35.7 Å². The van der Waals surface area contributed by atoms with Gasteiger partial charge in [-0.25, -0.2) is 9.97 Å². The fourth-order valence-corrected chi connectivity index (χ4v) is 4.88. The maximum atomic E-state index is 13.4. The first-order valence-corrected chi connectivity index (χ1v) is 10.6. The smallest absolute Gasteiger partial charge is 0.283 e. The summed E-state index contributed by atoms with van der Waals surface area (Å²) in [5.74, 6) is 0. The molecule has 0 saturated carbocycles. The molecule has 31 heavy (non-hydrogen) atoms. The quantitative estimate of drug-likeness (QED) is 0.183. The number of aromatic nitrogens is 3. The van der Waals surface area contributed by atoms with Crippen LogP contribution in [0, 0.1) is 21.4 Å². The highest BCUT2D eigenvalue weighted by Gasteiger charge is 2.20. The summed E-state index contributed by atoms with van der Waals surface area (Å²) < 4.78 is 1.48. The lowest BCUT2D eigenvalue weighted by Crippen LogP contribution is -2.22. The summed E-state index contributed by atoms with van der Waals surface area (Å²) in [5, 5.41) is 23.3. The van der Waals surface area contributed by atoms with Gasteiger partial charge in [0, 0.05) is 23.6 Å². The van der Waals surface area contributed by atoms with Crippen LogP contribution >= 0.6 is 23.1 Å². The van der Waals surface area contributed by atoms with Crippen LogP contribution in [-0.2, 0) is 6.54 Å². The Morgan fingerprint density at radius 3 is 2.71 bits per heavy atom. The van der Waals surface area contributed by atoms with Crippen molar-refractivity contribution in [2.75, 3.05) is 0 Å². The van der Waals surface area contributed by atoms with Gasteiger partial charge in [-0.05, 0) is 23.4 Å². The predicted octanol–water partition coefficient (Wildman–Crippen LogP) is 4.64. The molecule has 4 rings (SSSR count). The molecule has 0 spiro atoms. The highest BCUT2D eigenvalue weighted by atomic mass is 32.2. The van der Waals surface area contributed by atoms with Crippen LogP contribution in [0.15, 0.2) is 75.5 Å². The normalized spacial score (nSPS) is 10.7. The molecule has 3 aromatic heterocycles.